The number of nitrogens with one attached hydrogen (secondary N) is 1. The van der Waals surface area contributed by atoms with E-state index in [2.05, 4.69) is 5.32 Å². The minimum Gasteiger partial charge on any atom is -0.467 e. The van der Waals surface area contributed by atoms with Crippen molar-refractivity contribution < 1.29 is 17.6 Å². The molecule has 1 atom stereocenters. The molecule has 1 N–H and O–H groups in total. The number of rotatable bonds is 6. The van der Waals surface area contributed by atoms with Crippen LogP contribution in [0, 0.1) is 5.92 Å². The number of halogens is 1. The van der Waals surface area contributed by atoms with Crippen molar-refractivity contribution in [2.45, 2.75) is 25.1 Å². The fourth-order valence-corrected chi connectivity index (χ4v) is 4.88. The van der Waals surface area contributed by atoms with Crippen molar-refractivity contribution in [1.82, 2.24) is 9.62 Å². The summed E-state index contributed by atoms with van der Waals surface area (Å²) in [5.41, 5.74) is 0.641. The van der Waals surface area contributed by atoms with Crippen molar-refractivity contribution in [3.8, 4) is 0 Å². The Morgan fingerprint density at radius 1 is 1.31 bits per heavy atom. The van der Waals surface area contributed by atoms with Gasteiger partial charge in [-0.3, -0.25) is 4.79 Å². The molecule has 0 spiro atoms. The van der Waals surface area contributed by atoms with Gasteiger partial charge < -0.3 is 9.73 Å². The normalized spacial score (nSPS) is 18.6. The Labute approximate surface area is 158 Å². The number of piperidine rings is 1. The number of carbonyl (C=O) groups is 1. The Bertz CT molecular complexity index is 852. The van der Waals surface area contributed by atoms with Gasteiger partial charge in [0.25, 0.3) is 0 Å². The Kier molecular flexibility index (Phi) is 6.01. The lowest BCUT2D eigenvalue weighted by molar-refractivity contribution is -0.126. The molecule has 8 heteroatoms. The molecular weight excluding hydrogens is 376 g/mol. The van der Waals surface area contributed by atoms with Gasteiger partial charge in [0.2, 0.25) is 15.9 Å². The third-order valence-electron chi connectivity index (χ3n) is 4.40. The highest BCUT2D eigenvalue weighted by atomic mass is 35.5. The summed E-state index contributed by atoms with van der Waals surface area (Å²) < 4.78 is 32.0. The summed E-state index contributed by atoms with van der Waals surface area (Å²) in [6.07, 6.45) is 2.88. The monoisotopic (exact) mass is 396 g/mol. The molecule has 1 saturated heterocycles. The van der Waals surface area contributed by atoms with Gasteiger partial charge in [-0.2, -0.15) is 0 Å². The number of furan rings is 1. The molecule has 2 aromatic rings. The zero-order chi connectivity index (χ0) is 18.6. The predicted octanol–water partition coefficient (Wildman–Crippen LogP) is 2.79. The number of sulfonamides is 1. The van der Waals surface area contributed by atoms with Crippen molar-refractivity contribution in [2.75, 3.05) is 13.1 Å². The summed E-state index contributed by atoms with van der Waals surface area (Å²) in [5, 5.41) is 3.32. The SMILES string of the molecule is O=C(NCc1ccco1)[C@H]1CCCN(S(=O)(=O)Cc2cccc(Cl)c2)C1. The number of benzene rings is 1. The molecule has 1 amide bonds. The average molecular weight is 397 g/mol. The molecule has 0 saturated carbocycles. The van der Waals surface area contributed by atoms with Crippen LogP contribution in [0.3, 0.4) is 0 Å². The van der Waals surface area contributed by atoms with Crippen LogP contribution >= 0.6 is 11.6 Å². The van der Waals surface area contributed by atoms with Crippen LogP contribution in [0.4, 0.5) is 0 Å². The van der Waals surface area contributed by atoms with E-state index in [4.69, 9.17) is 16.0 Å². The molecule has 140 valence electrons. The summed E-state index contributed by atoms with van der Waals surface area (Å²) in [4.78, 5) is 12.4. The van der Waals surface area contributed by atoms with Crippen LogP contribution in [0.2, 0.25) is 5.02 Å². The lowest BCUT2D eigenvalue weighted by Gasteiger charge is -2.31. The molecular formula is C18H21ClN2O4S. The van der Waals surface area contributed by atoms with E-state index in [-0.39, 0.29) is 24.1 Å². The fourth-order valence-electron chi connectivity index (χ4n) is 3.07. The highest BCUT2D eigenvalue weighted by molar-refractivity contribution is 7.88. The first-order valence-corrected chi connectivity index (χ1v) is 10.4. The Morgan fingerprint density at radius 2 is 2.15 bits per heavy atom. The van der Waals surface area contributed by atoms with E-state index < -0.39 is 10.0 Å². The van der Waals surface area contributed by atoms with Gasteiger partial charge in [0.1, 0.15) is 5.76 Å². The largest absolute Gasteiger partial charge is 0.467 e. The third kappa shape index (κ3) is 4.87. The molecule has 3 rings (SSSR count). The molecule has 2 heterocycles. The lowest BCUT2D eigenvalue weighted by atomic mass is 9.99. The van der Waals surface area contributed by atoms with Gasteiger partial charge in [0.15, 0.2) is 0 Å². The van der Waals surface area contributed by atoms with Crippen molar-refractivity contribution in [1.29, 1.82) is 0 Å². The van der Waals surface area contributed by atoms with Crippen LogP contribution in [-0.2, 0) is 27.1 Å². The lowest BCUT2D eigenvalue weighted by Crippen LogP contribution is -2.45. The van der Waals surface area contributed by atoms with E-state index in [0.29, 0.717) is 42.3 Å². The van der Waals surface area contributed by atoms with Crippen LogP contribution in [0.25, 0.3) is 0 Å². The van der Waals surface area contributed by atoms with Gasteiger partial charge in [0, 0.05) is 18.1 Å². The fraction of sp³-hybridized carbons (Fsp3) is 0.389. The summed E-state index contributed by atoms with van der Waals surface area (Å²) in [6.45, 7) is 0.940. The third-order valence-corrected chi connectivity index (χ3v) is 6.46. The molecule has 26 heavy (non-hydrogen) atoms. The van der Waals surface area contributed by atoms with E-state index >= 15 is 0 Å². The number of amides is 1. The second-order valence-electron chi connectivity index (χ2n) is 6.38. The zero-order valence-electron chi connectivity index (χ0n) is 14.2. The summed E-state index contributed by atoms with van der Waals surface area (Å²) >= 11 is 5.93. The zero-order valence-corrected chi connectivity index (χ0v) is 15.8. The average Bonchev–Trinajstić information content (AvgIpc) is 3.13. The second-order valence-corrected chi connectivity index (χ2v) is 8.79. The van der Waals surface area contributed by atoms with Crippen LogP contribution < -0.4 is 5.32 Å². The molecule has 1 aromatic carbocycles. The number of hydrogen-bond acceptors (Lipinski definition) is 4. The van der Waals surface area contributed by atoms with E-state index in [1.165, 1.54) is 4.31 Å². The highest BCUT2D eigenvalue weighted by Crippen LogP contribution is 2.22. The van der Waals surface area contributed by atoms with Gasteiger partial charge in [-0.25, -0.2) is 12.7 Å². The highest BCUT2D eigenvalue weighted by Gasteiger charge is 2.32. The van der Waals surface area contributed by atoms with Crippen molar-refractivity contribution in [3.05, 3.63) is 59.0 Å². The van der Waals surface area contributed by atoms with Crippen molar-refractivity contribution in [3.63, 3.8) is 0 Å². The molecule has 1 aromatic heterocycles. The summed E-state index contributed by atoms with van der Waals surface area (Å²) in [7, 11) is -3.50. The molecule has 0 unspecified atom stereocenters. The molecule has 0 radical (unpaired) electrons. The number of nitrogens with zero attached hydrogens (tertiary/aromatic N) is 1. The van der Waals surface area contributed by atoms with E-state index in [1.807, 2.05) is 0 Å². The quantitative estimate of drug-likeness (QED) is 0.814. The first-order valence-electron chi connectivity index (χ1n) is 8.46. The van der Waals surface area contributed by atoms with E-state index in [0.717, 1.165) is 0 Å². The maximum atomic E-state index is 12.7. The molecule has 1 aliphatic heterocycles. The van der Waals surface area contributed by atoms with Crippen molar-refractivity contribution in [2.24, 2.45) is 5.92 Å². The second kappa shape index (κ2) is 8.24. The maximum Gasteiger partial charge on any atom is 0.224 e. The van der Waals surface area contributed by atoms with Gasteiger partial charge in [0.05, 0.1) is 24.5 Å². The van der Waals surface area contributed by atoms with Gasteiger partial charge in [-0.05, 0) is 42.7 Å². The smallest absolute Gasteiger partial charge is 0.224 e. The minimum absolute atomic E-state index is 0.117. The number of hydrogen-bond donors (Lipinski definition) is 1. The molecule has 6 nitrogen and oxygen atoms in total. The van der Waals surface area contributed by atoms with Crippen LogP contribution in [-0.4, -0.2) is 31.7 Å². The molecule has 0 bridgehead atoms. The predicted molar refractivity (Wildman–Crippen MR) is 98.9 cm³/mol. The first-order chi connectivity index (χ1) is 12.4. The van der Waals surface area contributed by atoms with Crippen molar-refractivity contribution >= 4 is 27.5 Å². The topological polar surface area (TPSA) is 79.6 Å². The molecule has 0 aliphatic carbocycles. The van der Waals surface area contributed by atoms with Crippen LogP contribution in [0.1, 0.15) is 24.2 Å². The summed E-state index contributed by atoms with van der Waals surface area (Å²) in [6, 6.07) is 10.4. The number of carbonyl (C=O) groups excluding carboxylic acids is 1. The van der Waals surface area contributed by atoms with Crippen LogP contribution in [0.5, 0.6) is 0 Å². The van der Waals surface area contributed by atoms with E-state index in [9.17, 15) is 13.2 Å². The maximum absolute atomic E-state index is 12.7. The van der Waals surface area contributed by atoms with Gasteiger partial charge in [-0.15, -0.1) is 0 Å². The van der Waals surface area contributed by atoms with Gasteiger partial charge >= 0.3 is 0 Å². The Morgan fingerprint density at radius 3 is 2.88 bits per heavy atom. The van der Waals surface area contributed by atoms with Crippen LogP contribution in [0.15, 0.2) is 47.1 Å². The molecule has 1 fully saturated rings. The first kappa shape index (κ1) is 18.9. The minimum atomic E-state index is -3.50. The Hall–Kier alpha value is -1.83. The van der Waals surface area contributed by atoms with Gasteiger partial charge in [-0.1, -0.05) is 23.7 Å². The summed E-state index contributed by atoms with van der Waals surface area (Å²) in [5.74, 6) is 0.0467. The molecule has 1 aliphatic rings. The van der Waals surface area contributed by atoms with E-state index in [1.54, 1.807) is 42.7 Å². The standard InChI is InChI=1S/C18H21ClN2O4S/c19-16-6-1-4-14(10-16)13-26(23,24)21-8-2-5-15(12-21)18(22)20-11-17-7-3-9-25-17/h1,3-4,6-7,9-10,15H,2,5,8,11-13H2,(H,20,22)/t15-/m0/s1. The Balaban J connectivity index is 1.60.